The lowest BCUT2D eigenvalue weighted by atomic mass is 10.1. The molecule has 0 saturated carbocycles. The van der Waals surface area contributed by atoms with E-state index in [1.165, 1.54) is 4.90 Å². The van der Waals surface area contributed by atoms with Crippen molar-refractivity contribution in [1.29, 1.82) is 0 Å². The number of hydrogen-bond donors (Lipinski definition) is 2. The Hall–Kier alpha value is -1.51. The van der Waals surface area contributed by atoms with E-state index in [-0.39, 0.29) is 25.5 Å². The van der Waals surface area contributed by atoms with Crippen LogP contribution in [-0.4, -0.2) is 61.0 Å². The van der Waals surface area contributed by atoms with E-state index in [4.69, 9.17) is 5.11 Å². The molecule has 1 aliphatic heterocycles. The second-order valence-electron chi connectivity index (χ2n) is 4.60. The average Bonchev–Trinajstić information content (AvgIpc) is 2.74. The first kappa shape index (κ1) is 16.5. The quantitative estimate of drug-likeness (QED) is 0.719. The molecule has 1 fully saturated rings. The number of hydrogen-bond acceptors (Lipinski definition) is 3. The summed E-state index contributed by atoms with van der Waals surface area (Å²) >= 11 is 0. The van der Waals surface area contributed by atoms with E-state index in [0.717, 1.165) is 0 Å². The summed E-state index contributed by atoms with van der Waals surface area (Å²) in [4.78, 5) is 23.6. The van der Waals surface area contributed by atoms with Crippen LogP contribution >= 0.6 is 0 Å². The van der Waals surface area contributed by atoms with Gasteiger partial charge >= 0.3 is 18.2 Å². The number of nitrogens with zero attached hydrogens (tertiary/aromatic N) is 1. The zero-order valence-electron chi connectivity index (χ0n) is 10.8. The van der Waals surface area contributed by atoms with Crippen LogP contribution in [-0.2, 0) is 9.53 Å². The molecule has 1 heterocycles. The van der Waals surface area contributed by atoms with E-state index in [2.05, 4.69) is 10.1 Å². The number of amides is 2. The maximum absolute atomic E-state index is 11.8. The van der Waals surface area contributed by atoms with Crippen LogP contribution in [0.15, 0.2) is 0 Å². The normalized spacial score (nSPS) is 19.1. The van der Waals surface area contributed by atoms with Crippen LogP contribution in [0, 0.1) is 5.92 Å². The average molecular weight is 298 g/mol. The molecular weight excluding hydrogens is 281 g/mol. The van der Waals surface area contributed by atoms with Crippen molar-refractivity contribution in [1.82, 2.24) is 10.2 Å². The van der Waals surface area contributed by atoms with E-state index in [1.54, 1.807) is 0 Å². The highest BCUT2D eigenvalue weighted by atomic mass is 19.4. The summed E-state index contributed by atoms with van der Waals surface area (Å²) in [5.74, 6) is -0.975. The highest BCUT2D eigenvalue weighted by Gasteiger charge is 2.28. The van der Waals surface area contributed by atoms with Gasteiger partial charge in [-0.05, 0) is 12.3 Å². The molecule has 2 N–H and O–H groups in total. The predicted octanol–water partition coefficient (Wildman–Crippen LogP) is 1.07. The molecule has 1 aliphatic rings. The van der Waals surface area contributed by atoms with Gasteiger partial charge in [-0.2, -0.15) is 13.2 Å². The molecule has 1 saturated heterocycles. The van der Waals surface area contributed by atoms with E-state index in [1.807, 2.05) is 0 Å². The van der Waals surface area contributed by atoms with Gasteiger partial charge in [0.1, 0.15) is 6.61 Å². The van der Waals surface area contributed by atoms with Crippen molar-refractivity contribution in [2.75, 3.05) is 32.8 Å². The summed E-state index contributed by atoms with van der Waals surface area (Å²) in [7, 11) is 0. The molecule has 116 valence electrons. The lowest BCUT2D eigenvalue weighted by Crippen LogP contribution is -2.40. The Kier molecular flexibility index (Phi) is 6.05. The molecule has 20 heavy (non-hydrogen) atoms. The van der Waals surface area contributed by atoms with E-state index < -0.39 is 24.8 Å². The van der Waals surface area contributed by atoms with Crippen LogP contribution in [0.3, 0.4) is 0 Å². The minimum atomic E-state index is -4.37. The number of nitrogens with one attached hydrogen (secondary N) is 1. The second-order valence-corrected chi connectivity index (χ2v) is 4.60. The molecule has 1 atom stereocenters. The van der Waals surface area contributed by atoms with Crippen molar-refractivity contribution >= 4 is 12.0 Å². The van der Waals surface area contributed by atoms with Crippen molar-refractivity contribution in [2.24, 2.45) is 5.92 Å². The SMILES string of the molecule is O=C(O)CC1CCN(C(=O)NCCOCC(F)(F)F)C1. The molecule has 0 aromatic carbocycles. The van der Waals surface area contributed by atoms with Gasteiger partial charge in [0.15, 0.2) is 0 Å². The van der Waals surface area contributed by atoms with Gasteiger partial charge in [0.05, 0.1) is 6.61 Å². The summed E-state index contributed by atoms with van der Waals surface area (Å²) in [5, 5.41) is 11.1. The molecule has 0 aromatic rings. The maximum Gasteiger partial charge on any atom is 0.411 e. The van der Waals surface area contributed by atoms with Crippen molar-refractivity contribution in [3.05, 3.63) is 0 Å². The third kappa shape index (κ3) is 6.60. The van der Waals surface area contributed by atoms with Crippen molar-refractivity contribution in [3.8, 4) is 0 Å². The highest BCUT2D eigenvalue weighted by Crippen LogP contribution is 2.19. The summed E-state index contributed by atoms with van der Waals surface area (Å²) in [6.45, 7) is -0.783. The van der Waals surface area contributed by atoms with Crippen molar-refractivity contribution in [3.63, 3.8) is 0 Å². The fourth-order valence-corrected chi connectivity index (χ4v) is 1.96. The summed E-state index contributed by atoms with van der Waals surface area (Å²) in [6, 6.07) is -0.409. The van der Waals surface area contributed by atoms with Gasteiger partial charge in [0.2, 0.25) is 0 Å². The van der Waals surface area contributed by atoms with Crippen LogP contribution in [0.2, 0.25) is 0 Å². The van der Waals surface area contributed by atoms with Crippen LogP contribution in [0.4, 0.5) is 18.0 Å². The number of halogens is 3. The number of ether oxygens (including phenoxy) is 1. The summed E-state index contributed by atoms with van der Waals surface area (Å²) in [6.07, 6.45) is -3.74. The van der Waals surface area contributed by atoms with Gasteiger partial charge in [-0.25, -0.2) is 4.79 Å². The van der Waals surface area contributed by atoms with Gasteiger partial charge in [-0.1, -0.05) is 0 Å². The Morgan fingerprint density at radius 1 is 1.40 bits per heavy atom. The number of carboxylic acids is 1. The van der Waals surface area contributed by atoms with E-state index in [0.29, 0.717) is 19.5 Å². The third-order valence-corrected chi connectivity index (χ3v) is 2.82. The minimum absolute atomic E-state index is 0.0124. The first-order chi connectivity index (χ1) is 9.28. The fourth-order valence-electron chi connectivity index (χ4n) is 1.96. The summed E-state index contributed by atoms with van der Waals surface area (Å²) < 4.78 is 39.6. The van der Waals surface area contributed by atoms with Gasteiger partial charge in [-0.15, -0.1) is 0 Å². The lowest BCUT2D eigenvalue weighted by Gasteiger charge is -2.17. The molecule has 0 bridgehead atoms. The second kappa shape index (κ2) is 7.32. The minimum Gasteiger partial charge on any atom is -0.481 e. The van der Waals surface area contributed by atoms with Crippen LogP contribution in [0.25, 0.3) is 0 Å². The first-order valence-electron chi connectivity index (χ1n) is 6.17. The molecule has 0 radical (unpaired) electrons. The molecule has 0 aliphatic carbocycles. The maximum atomic E-state index is 11.8. The van der Waals surface area contributed by atoms with Gasteiger partial charge < -0.3 is 20.1 Å². The van der Waals surface area contributed by atoms with E-state index in [9.17, 15) is 22.8 Å². The van der Waals surface area contributed by atoms with Gasteiger partial charge in [0, 0.05) is 26.1 Å². The number of carbonyl (C=O) groups is 2. The molecule has 1 rings (SSSR count). The highest BCUT2D eigenvalue weighted by molar-refractivity contribution is 5.74. The van der Waals surface area contributed by atoms with Crippen LogP contribution in [0.1, 0.15) is 12.8 Å². The Balaban J connectivity index is 2.13. The number of urea groups is 1. The molecule has 2 amide bonds. The Morgan fingerprint density at radius 2 is 2.10 bits per heavy atom. The largest absolute Gasteiger partial charge is 0.481 e. The number of carboxylic acid groups (broad SMARTS) is 1. The fraction of sp³-hybridized carbons (Fsp3) is 0.818. The van der Waals surface area contributed by atoms with E-state index >= 15 is 0 Å². The Bertz CT molecular complexity index is 349. The summed E-state index contributed by atoms with van der Waals surface area (Å²) in [5.41, 5.74) is 0. The van der Waals surface area contributed by atoms with Gasteiger partial charge in [0.25, 0.3) is 0 Å². The predicted molar refractivity (Wildman–Crippen MR) is 62.2 cm³/mol. The molecule has 0 aromatic heterocycles. The van der Waals surface area contributed by atoms with Gasteiger partial charge in [-0.3, -0.25) is 4.79 Å². The third-order valence-electron chi connectivity index (χ3n) is 2.82. The van der Waals surface area contributed by atoms with Crippen LogP contribution < -0.4 is 5.32 Å². The zero-order chi connectivity index (χ0) is 15.2. The Morgan fingerprint density at radius 3 is 2.70 bits per heavy atom. The molecule has 9 heteroatoms. The van der Waals surface area contributed by atoms with Crippen molar-refractivity contribution < 1.29 is 32.6 Å². The van der Waals surface area contributed by atoms with Crippen LogP contribution in [0.5, 0.6) is 0 Å². The zero-order valence-corrected chi connectivity index (χ0v) is 10.8. The monoisotopic (exact) mass is 298 g/mol. The smallest absolute Gasteiger partial charge is 0.411 e. The number of aliphatic carboxylic acids is 1. The number of alkyl halides is 3. The molecule has 0 spiro atoms. The first-order valence-corrected chi connectivity index (χ1v) is 6.17. The molecule has 6 nitrogen and oxygen atoms in total. The number of rotatable bonds is 6. The standard InChI is InChI=1S/C11H17F3N2O4/c12-11(13,14)7-20-4-2-15-10(19)16-3-1-8(6-16)5-9(17)18/h8H,1-7H2,(H,15,19)(H,17,18). The topological polar surface area (TPSA) is 78.9 Å². The van der Waals surface area contributed by atoms with Crippen molar-refractivity contribution in [2.45, 2.75) is 19.0 Å². The lowest BCUT2D eigenvalue weighted by molar-refractivity contribution is -0.173. The number of likely N-dealkylation sites (tertiary alicyclic amines) is 1. The molecular formula is C11H17F3N2O4. The Labute approximate surface area is 113 Å². The molecule has 1 unspecified atom stereocenters. The number of carbonyl (C=O) groups excluding carboxylic acids is 1.